The van der Waals surface area contributed by atoms with E-state index in [2.05, 4.69) is 5.32 Å². The number of carbonyl (C=O) groups is 1. The van der Waals surface area contributed by atoms with Crippen LogP contribution in [0, 0.1) is 17.8 Å². The molecule has 0 heterocycles. The number of benzene rings is 1. The normalized spacial score (nSPS) is 25.5. The third-order valence-corrected chi connectivity index (χ3v) is 7.88. The molecule has 2 bridgehead atoms. The van der Waals surface area contributed by atoms with Gasteiger partial charge in [0.15, 0.2) is 0 Å². The molecule has 138 valence electrons. The van der Waals surface area contributed by atoms with Gasteiger partial charge in [-0.15, -0.1) is 0 Å². The number of hydrogen-bond acceptors (Lipinski definition) is 3. The quantitative estimate of drug-likeness (QED) is 0.805. The topological polar surface area (TPSA) is 66.5 Å². The van der Waals surface area contributed by atoms with Crippen LogP contribution < -0.4 is 5.32 Å². The smallest absolute Gasteiger partial charge is 0.243 e. The van der Waals surface area contributed by atoms with Crippen LogP contribution >= 0.6 is 0 Å². The van der Waals surface area contributed by atoms with E-state index in [9.17, 15) is 13.2 Å². The first-order valence-electron chi connectivity index (χ1n) is 9.34. The van der Waals surface area contributed by atoms with Crippen molar-refractivity contribution in [2.45, 2.75) is 50.8 Å². The summed E-state index contributed by atoms with van der Waals surface area (Å²) in [5.74, 6) is 2.14. The van der Waals surface area contributed by atoms with E-state index >= 15 is 0 Å². The van der Waals surface area contributed by atoms with Crippen molar-refractivity contribution in [3.05, 3.63) is 24.3 Å². The second-order valence-electron chi connectivity index (χ2n) is 7.30. The zero-order chi connectivity index (χ0) is 18.0. The third-order valence-electron chi connectivity index (χ3n) is 5.81. The number of amides is 1. The molecule has 6 heteroatoms. The summed E-state index contributed by atoms with van der Waals surface area (Å²) in [6.45, 7) is 4.54. The minimum absolute atomic E-state index is 0.0388. The molecular weight excluding hydrogens is 336 g/mol. The first-order valence-corrected chi connectivity index (χ1v) is 10.8. The monoisotopic (exact) mass is 364 g/mol. The fourth-order valence-corrected chi connectivity index (χ4v) is 5.96. The molecule has 0 unspecified atom stereocenters. The van der Waals surface area contributed by atoms with Crippen LogP contribution in [0.25, 0.3) is 0 Å². The lowest BCUT2D eigenvalue weighted by Crippen LogP contribution is -2.30. The van der Waals surface area contributed by atoms with Crippen molar-refractivity contribution in [2.75, 3.05) is 18.4 Å². The Morgan fingerprint density at radius 2 is 1.80 bits per heavy atom. The molecule has 5 nitrogen and oxygen atoms in total. The van der Waals surface area contributed by atoms with Gasteiger partial charge in [-0.2, -0.15) is 4.31 Å². The second-order valence-corrected chi connectivity index (χ2v) is 9.24. The molecule has 1 aromatic carbocycles. The molecular formula is C19H28N2O3S. The molecule has 3 rings (SSSR count). The van der Waals surface area contributed by atoms with Crippen LogP contribution in [-0.2, 0) is 14.8 Å². The van der Waals surface area contributed by atoms with Gasteiger partial charge in [-0.05, 0) is 61.3 Å². The van der Waals surface area contributed by atoms with Crippen LogP contribution in [0.5, 0.6) is 0 Å². The Hall–Kier alpha value is -1.40. The van der Waals surface area contributed by atoms with Crippen molar-refractivity contribution in [3.8, 4) is 0 Å². The number of nitrogens with one attached hydrogen (secondary N) is 1. The van der Waals surface area contributed by atoms with Gasteiger partial charge in [0.1, 0.15) is 0 Å². The SMILES string of the molecule is CCN(CC)S(=O)(=O)c1ccc(NC(=O)C[C@H]2C[C@@H]3CC[C@@H]2C3)cc1. The molecule has 2 saturated carbocycles. The number of rotatable bonds is 7. The molecule has 2 aliphatic rings. The summed E-state index contributed by atoms with van der Waals surface area (Å²) in [7, 11) is -3.45. The number of anilines is 1. The van der Waals surface area contributed by atoms with Crippen LogP contribution in [-0.4, -0.2) is 31.7 Å². The van der Waals surface area contributed by atoms with Gasteiger partial charge in [0.2, 0.25) is 15.9 Å². The summed E-state index contributed by atoms with van der Waals surface area (Å²) in [6.07, 6.45) is 5.70. The first-order chi connectivity index (χ1) is 11.9. The maximum atomic E-state index is 12.5. The highest BCUT2D eigenvalue weighted by Gasteiger charge is 2.40. The Bertz CT molecular complexity index is 711. The van der Waals surface area contributed by atoms with E-state index in [0.717, 1.165) is 11.8 Å². The molecule has 0 aliphatic heterocycles. The Balaban J connectivity index is 1.60. The van der Waals surface area contributed by atoms with Crippen LogP contribution in [0.15, 0.2) is 29.2 Å². The molecule has 0 saturated heterocycles. The number of hydrogen-bond donors (Lipinski definition) is 1. The van der Waals surface area contributed by atoms with Gasteiger partial charge in [-0.1, -0.05) is 20.3 Å². The Morgan fingerprint density at radius 1 is 1.12 bits per heavy atom. The maximum absolute atomic E-state index is 12.5. The summed E-state index contributed by atoms with van der Waals surface area (Å²) in [4.78, 5) is 12.6. The lowest BCUT2D eigenvalue weighted by molar-refractivity contribution is -0.117. The van der Waals surface area contributed by atoms with Gasteiger partial charge >= 0.3 is 0 Å². The number of nitrogens with zero attached hydrogens (tertiary/aromatic N) is 1. The first kappa shape index (κ1) is 18.4. The zero-order valence-electron chi connectivity index (χ0n) is 15.1. The van der Waals surface area contributed by atoms with E-state index in [-0.39, 0.29) is 10.8 Å². The highest BCUT2D eigenvalue weighted by Crippen LogP contribution is 2.49. The lowest BCUT2D eigenvalue weighted by atomic mass is 9.86. The van der Waals surface area contributed by atoms with Gasteiger partial charge in [0, 0.05) is 25.2 Å². The van der Waals surface area contributed by atoms with E-state index in [1.807, 2.05) is 13.8 Å². The molecule has 2 aliphatic carbocycles. The van der Waals surface area contributed by atoms with Gasteiger partial charge in [0.25, 0.3) is 0 Å². The maximum Gasteiger partial charge on any atom is 0.243 e. The molecule has 1 aromatic rings. The van der Waals surface area contributed by atoms with Gasteiger partial charge in [0.05, 0.1) is 4.90 Å². The molecule has 0 radical (unpaired) electrons. The van der Waals surface area contributed by atoms with Crippen molar-refractivity contribution in [1.82, 2.24) is 4.31 Å². The molecule has 25 heavy (non-hydrogen) atoms. The van der Waals surface area contributed by atoms with Crippen LogP contribution in [0.2, 0.25) is 0 Å². The summed E-state index contributed by atoms with van der Waals surface area (Å²) in [5, 5.41) is 2.92. The van der Waals surface area contributed by atoms with Crippen molar-refractivity contribution < 1.29 is 13.2 Å². The highest BCUT2D eigenvalue weighted by molar-refractivity contribution is 7.89. The fraction of sp³-hybridized carbons (Fsp3) is 0.632. The van der Waals surface area contributed by atoms with Gasteiger partial charge in [-0.25, -0.2) is 8.42 Å². The summed E-state index contributed by atoms with van der Waals surface area (Å²) < 4.78 is 26.4. The van der Waals surface area contributed by atoms with E-state index < -0.39 is 10.0 Å². The van der Waals surface area contributed by atoms with Crippen molar-refractivity contribution in [1.29, 1.82) is 0 Å². The van der Waals surface area contributed by atoms with Gasteiger partial charge in [-0.3, -0.25) is 4.79 Å². The van der Waals surface area contributed by atoms with E-state index in [1.165, 1.54) is 30.0 Å². The number of sulfonamides is 1. The fourth-order valence-electron chi connectivity index (χ4n) is 4.50. The van der Waals surface area contributed by atoms with Crippen molar-refractivity contribution >= 4 is 21.6 Å². The largest absolute Gasteiger partial charge is 0.326 e. The Morgan fingerprint density at radius 3 is 2.32 bits per heavy atom. The standard InChI is InChI=1S/C19H28N2O3S/c1-3-21(4-2)25(23,24)18-9-7-17(8-10-18)20-19(22)13-16-12-14-5-6-15(16)11-14/h7-10,14-16H,3-6,11-13H2,1-2H3,(H,20,22)/t14-,15-,16-/m1/s1. The van der Waals surface area contributed by atoms with E-state index in [0.29, 0.717) is 31.1 Å². The zero-order valence-corrected chi connectivity index (χ0v) is 15.9. The Kier molecular flexibility index (Phi) is 5.49. The average molecular weight is 365 g/mol. The third kappa shape index (κ3) is 3.90. The van der Waals surface area contributed by atoms with Crippen LogP contribution in [0.4, 0.5) is 5.69 Å². The van der Waals surface area contributed by atoms with Crippen LogP contribution in [0.3, 0.4) is 0 Å². The lowest BCUT2D eigenvalue weighted by Gasteiger charge is -2.21. The second kappa shape index (κ2) is 7.46. The summed E-state index contributed by atoms with van der Waals surface area (Å²) in [6, 6.07) is 6.49. The summed E-state index contributed by atoms with van der Waals surface area (Å²) in [5.41, 5.74) is 0.659. The molecule has 1 amide bonds. The van der Waals surface area contributed by atoms with Gasteiger partial charge < -0.3 is 5.32 Å². The molecule has 0 aromatic heterocycles. The minimum atomic E-state index is -3.45. The van der Waals surface area contributed by atoms with Crippen LogP contribution in [0.1, 0.15) is 46.0 Å². The number of carbonyl (C=O) groups excluding carboxylic acids is 1. The predicted molar refractivity (Wildman–Crippen MR) is 98.7 cm³/mol. The molecule has 1 N–H and O–H groups in total. The van der Waals surface area contributed by atoms with E-state index in [1.54, 1.807) is 24.3 Å². The molecule has 3 atom stereocenters. The number of fused-ring (bicyclic) bond motifs is 2. The Labute approximate surface area is 150 Å². The molecule has 2 fully saturated rings. The average Bonchev–Trinajstić information content (AvgIpc) is 3.19. The highest BCUT2D eigenvalue weighted by atomic mass is 32.2. The summed E-state index contributed by atoms with van der Waals surface area (Å²) >= 11 is 0. The molecule has 0 spiro atoms. The van der Waals surface area contributed by atoms with E-state index in [4.69, 9.17) is 0 Å². The predicted octanol–water partition coefficient (Wildman–Crippen LogP) is 3.48. The minimum Gasteiger partial charge on any atom is -0.326 e. The van der Waals surface area contributed by atoms with Crippen molar-refractivity contribution in [3.63, 3.8) is 0 Å². The van der Waals surface area contributed by atoms with Crippen molar-refractivity contribution in [2.24, 2.45) is 17.8 Å².